The van der Waals surface area contributed by atoms with Crippen molar-refractivity contribution in [1.29, 1.82) is 0 Å². The first kappa shape index (κ1) is 30.7. The van der Waals surface area contributed by atoms with Crippen LogP contribution in [0.25, 0.3) is 0 Å². The first-order chi connectivity index (χ1) is 19.7. The fraction of sp³-hybridized carbons (Fsp3) is 0.652. The van der Waals surface area contributed by atoms with E-state index in [0.29, 0.717) is 0 Å². The second-order valence-corrected chi connectivity index (χ2v) is 12.0. The minimum atomic E-state index is -5.03. The van der Waals surface area contributed by atoms with Crippen LogP contribution in [0.5, 0.6) is 5.88 Å². The molecule has 3 aliphatic rings. The molecule has 1 saturated carbocycles. The molecule has 2 bridgehead atoms. The molecule has 42 heavy (non-hydrogen) atoms. The third kappa shape index (κ3) is 5.17. The molecule has 5 N–H and O–H groups in total. The molecule has 19 heteroatoms. The number of aliphatic hydroxyl groups excluding tert-OH is 3. The zero-order chi connectivity index (χ0) is 30.7. The molecule has 2 aliphatic heterocycles. The number of aromatic nitrogens is 4. The van der Waals surface area contributed by atoms with Crippen LogP contribution in [0, 0.1) is 25.7 Å². The maximum absolute atomic E-state index is 12.7. The number of fused-ring (bicyclic) bond motifs is 2. The van der Waals surface area contributed by atoms with Crippen LogP contribution in [-0.4, -0.2) is 82.5 Å². The summed E-state index contributed by atoms with van der Waals surface area (Å²) in [4.78, 5) is 57.5. The number of aromatic amines is 1. The zero-order valence-corrected chi connectivity index (χ0v) is 23.4. The van der Waals surface area contributed by atoms with Crippen molar-refractivity contribution >= 4 is 7.82 Å². The van der Waals surface area contributed by atoms with Gasteiger partial charge in [-0.05, 0) is 31.2 Å². The zero-order valence-electron chi connectivity index (χ0n) is 22.6. The lowest BCUT2D eigenvalue weighted by Gasteiger charge is -2.37. The third-order valence-corrected chi connectivity index (χ3v) is 8.77. The molecule has 0 spiro atoms. The van der Waals surface area contributed by atoms with Crippen molar-refractivity contribution < 1.29 is 53.4 Å². The van der Waals surface area contributed by atoms with E-state index in [4.69, 9.17) is 23.6 Å². The second-order valence-electron chi connectivity index (χ2n) is 10.7. The predicted molar refractivity (Wildman–Crippen MR) is 134 cm³/mol. The molecule has 3 fully saturated rings. The van der Waals surface area contributed by atoms with Crippen LogP contribution in [0.2, 0.25) is 0 Å². The summed E-state index contributed by atoms with van der Waals surface area (Å²) in [5, 5.41) is 42.9. The molecule has 0 radical (unpaired) electrons. The van der Waals surface area contributed by atoms with Gasteiger partial charge in [0.05, 0.1) is 25.4 Å². The van der Waals surface area contributed by atoms with E-state index in [0.717, 1.165) is 9.13 Å². The summed E-state index contributed by atoms with van der Waals surface area (Å²) in [7, 11) is -5.03. The van der Waals surface area contributed by atoms with Gasteiger partial charge in [0, 0.05) is 30.3 Å². The van der Waals surface area contributed by atoms with E-state index in [1.807, 2.05) is 0 Å². The van der Waals surface area contributed by atoms with Crippen molar-refractivity contribution in [3.05, 3.63) is 54.8 Å². The minimum Gasteiger partial charge on any atom is -0.858 e. The number of ether oxygens (including phenoxy) is 2. The van der Waals surface area contributed by atoms with Crippen molar-refractivity contribution in [1.82, 2.24) is 19.1 Å². The van der Waals surface area contributed by atoms with Gasteiger partial charge in [-0.1, -0.05) is 6.92 Å². The molecule has 232 valence electrons. The number of phosphoric ester groups is 1. The first-order valence-electron chi connectivity index (χ1n) is 12.9. The molecule has 2 unspecified atom stereocenters. The molecule has 0 amide bonds. The van der Waals surface area contributed by atoms with E-state index in [1.54, 1.807) is 6.92 Å². The topological polar surface area (TPSA) is 257 Å². The summed E-state index contributed by atoms with van der Waals surface area (Å²) in [6, 6.07) is 0. The molecule has 18 nitrogen and oxygen atoms in total. The molecule has 0 aromatic carbocycles. The highest BCUT2D eigenvalue weighted by molar-refractivity contribution is 7.47. The number of rotatable bonds is 9. The Labute approximate surface area is 236 Å². The van der Waals surface area contributed by atoms with Crippen LogP contribution in [-0.2, 0) is 28.1 Å². The van der Waals surface area contributed by atoms with Crippen molar-refractivity contribution in [3.63, 3.8) is 0 Å². The Hall–Kier alpha value is -2.77. The normalized spacial score (nSPS) is 35.5. The Balaban J connectivity index is 1.27. The van der Waals surface area contributed by atoms with E-state index >= 15 is 0 Å². The fourth-order valence-electron chi connectivity index (χ4n) is 5.74. The number of phosphoric acid groups is 1. The fourth-order valence-corrected chi connectivity index (χ4v) is 6.32. The molecule has 4 heterocycles. The van der Waals surface area contributed by atoms with Crippen molar-refractivity contribution in [2.45, 2.75) is 69.7 Å². The van der Waals surface area contributed by atoms with Gasteiger partial charge in [-0.25, -0.2) is 24.0 Å². The maximum Gasteiger partial charge on any atom is 0.499 e. The molecule has 2 aromatic heterocycles. The Morgan fingerprint density at radius 2 is 1.90 bits per heavy atom. The Kier molecular flexibility index (Phi) is 8.08. The number of nitrogens with one attached hydrogen (secondary N) is 1. The summed E-state index contributed by atoms with van der Waals surface area (Å²) in [5.74, 6) is -2.27. The van der Waals surface area contributed by atoms with E-state index in [1.165, 1.54) is 26.2 Å². The second kappa shape index (κ2) is 11.1. The van der Waals surface area contributed by atoms with Gasteiger partial charge < -0.3 is 34.8 Å². The molecule has 10 atom stereocenters. The average Bonchev–Trinajstić information content (AvgIpc) is 3.53. The molecular formula is C23H30N4O14P-. The van der Waals surface area contributed by atoms with E-state index in [2.05, 4.69) is 9.97 Å². The summed E-state index contributed by atoms with van der Waals surface area (Å²) in [5.41, 5.74) is -3.83. The van der Waals surface area contributed by atoms with Crippen LogP contribution < -0.4 is 22.0 Å². The summed E-state index contributed by atoms with van der Waals surface area (Å²) >= 11 is 0. The number of aliphatic hydroxyl groups is 3. The molecule has 1 aliphatic carbocycles. The highest BCUT2D eigenvalue weighted by Gasteiger charge is 2.70. The van der Waals surface area contributed by atoms with Gasteiger partial charge in [-0.3, -0.25) is 23.4 Å². The van der Waals surface area contributed by atoms with Crippen LogP contribution in [0.15, 0.2) is 26.8 Å². The average molecular weight is 617 g/mol. The van der Waals surface area contributed by atoms with Gasteiger partial charge in [0.2, 0.25) is 0 Å². The van der Waals surface area contributed by atoms with Crippen LogP contribution in [0.3, 0.4) is 0 Å². The van der Waals surface area contributed by atoms with Crippen molar-refractivity contribution in [2.24, 2.45) is 11.8 Å². The van der Waals surface area contributed by atoms with Gasteiger partial charge in [0.1, 0.15) is 30.3 Å². The van der Waals surface area contributed by atoms with Crippen LogP contribution in [0.1, 0.15) is 36.9 Å². The van der Waals surface area contributed by atoms with E-state index in [-0.39, 0.29) is 17.5 Å². The number of nitrogens with zero attached hydrogens (tertiary/aromatic N) is 3. The molecule has 2 saturated heterocycles. The molecule has 2 aromatic rings. The Morgan fingerprint density at radius 3 is 2.60 bits per heavy atom. The standard InChI is InChI=1S/C23H31N4O14P/c1-9-5-26(21(33)24-18(9)31)14-4-12(29)13(38-14)7-37-42(35,36)41-40-17-15-11(3)16(30)23(17,8-28)39-20(15)27-6-10(2)19(32)25-22(27)34/h5-6,11-17,20,28-30H,4,7-8H2,1-3H3,(H,35,36)(H,24,31,33)(H,25,32,34)/p-1/t11-,12-,13+,14+,15?,16+,17-,20+,23-/m0/s1. The third-order valence-electron chi connectivity index (χ3n) is 8.02. The number of H-pyrrole nitrogens is 1. The predicted octanol–water partition coefficient (Wildman–Crippen LogP) is -2.55. The van der Waals surface area contributed by atoms with Gasteiger partial charge >= 0.3 is 19.2 Å². The highest BCUT2D eigenvalue weighted by atomic mass is 31.2. The summed E-state index contributed by atoms with van der Waals surface area (Å²) in [6.45, 7) is 3.00. The smallest absolute Gasteiger partial charge is 0.499 e. The minimum absolute atomic E-state index is 0.110. The maximum atomic E-state index is 12.7. The Morgan fingerprint density at radius 1 is 1.21 bits per heavy atom. The van der Waals surface area contributed by atoms with Crippen molar-refractivity contribution in [2.75, 3.05) is 13.2 Å². The lowest BCUT2D eigenvalue weighted by Crippen LogP contribution is -2.52. The van der Waals surface area contributed by atoms with Crippen molar-refractivity contribution in [3.8, 4) is 5.88 Å². The number of hydrogen-bond donors (Lipinski definition) is 5. The largest absolute Gasteiger partial charge is 0.858 e. The van der Waals surface area contributed by atoms with E-state index in [9.17, 15) is 44.3 Å². The molecule has 5 rings (SSSR count). The molecular weight excluding hydrogens is 587 g/mol. The van der Waals surface area contributed by atoms with Crippen LogP contribution >= 0.6 is 7.82 Å². The monoisotopic (exact) mass is 617 g/mol. The van der Waals surface area contributed by atoms with Gasteiger partial charge in [0.25, 0.3) is 5.56 Å². The first-order valence-corrected chi connectivity index (χ1v) is 14.4. The van der Waals surface area contributed by atoms with Gasteiger partial charge in [0.15, 0.2) is 0 Å². The lowest BCUT2D eigenvalue weighted by molar-refractivity contribution is -0.295. The van der Waals surface area contributed by atoms with Gasteiger partial charge in [-0.2, -0.15) is 0 Å². The number of hydrogen-bond acceptors (Lipinski definition) is 14. The number of aryl methyl sites for hydroxylation is 2. The highest BCUT2D eigenvalue weighted by Crippen LogP contribution is 2.58. The SMILES string of the molecule is Cc1cn([C@H]2C[C@H](O)[C@@H](COP(=O)(O)OO[C@H]3C4[C@H](n5cc(C)c(=O)[nH]c5=O)O[C@@]3(CO)[C@H](O)[C@H]4C)O2)c(=O)nc1[O-]. The summed E-state index contributed by atoms with van der Waals surface area (Å²) in [6.07, 6.45) is -4.93. The lowest BCUT2D eigenvalue weighted by atomic mass is 9.92. The summed E-state index contributed by atoms with van der Waals surface area (Å²) < 4.78 is 35.9. The Bertz CT molecular complexity index is 1580. The van der Waals surface area contributed by atoms with Gasteiger partial charge in [-0.15, -0.1) is 4.67 Å². The quantitative estimate of drug-likeness (QED) is 0.110. The van der Waals surface area contributed by atoms with E-state index < -0.39 is 98.2 Å². The van der Waals surface area contributed by atoms with Crippen LogP contribution in [0.4, 0.5) is 0 Å².